The van der Waals surface area contributed by atoms with Crippen LogP contribution >= 0.6 is 23.5 Å². The maximum absolute atomic E-state index is 12.2. The Kier molecular flexibility index (Phi) is 6.07. The summed E-state index contributed by atoms with van der Waals surface area (Å²) in [5, 5.41) is 2.72. The number of para-hydroxylation sites is 1. The fourth-order valence-electron chi connectivity index (χ4n) is 1.16. The van der Waals surface area contributed by atoms with Crippen LogP contribution in [-0.2, 0) is 0 Å². The summed E-state index contributed by atoms with van der Waals surface area (Å²) in [6.07, 6.45) is 0. The Balaban J connectivity index is 2.46. The Labute approximate surface area is 110 Å². The first-order valence-electron chi connectivity index (χ1n) is 4.87. The van der Waals surface area contributed by atoms with Gasteiger partial charge in [-0.05, 0) is 23.9 Å². The molecule has 0 saturated carbocycles. The molecule has 0 heterocycles. The minimum absolute atomic E-state index is 0.0605. The van der Waals surface area contributed by atoms with Crippen LogP contribution in [0.2, 0.25) is 0 Å². The zero-order chi connectivity index (χ0) is 13.6. The van der Waals surface area contributed by atoms with Gasteiger partial charge in [0.25, 0.3) is 5.76 Å². The van der Waals surface area contributed by atoms with Crippen molar-refractivity contribution < 1.29 is 22.0 Å². The first-order chi connectivity index (χ1) is 8.38. The van der Waals surface area contributed by atoms with Gasteiger partial charge in [0.2, 0.25) is 0 Å². The molecule has 0 aliphatic rings. The molecule has 0 aromatic heterocycles. The Hall–Kier alpha value is -0.630. The van der Waals surface area contributed by atoms with Crippen molar-refractivity contribution in [3.63, 3.8) is 0 Å². The molecule has 8 heteroatoms. The van der Waals surface area contributed by atoms with E-state index in [1.807, 2.05) is 0 Å². The topological polar surface area (TPSA) is 12.0 Å². The van der Waals surface area contributed by atoms with E-state index in [0.717, 1.165) is 0 Å². The highest BCUT2D eigenvalue weighted by molar-refractivity contribution is 8.00. The molecule has 0 radical (unpaired) electrons. The number of anilines is 1. The van der Waals surface area contributed by atoms with Gasteiger partial charge in [0.1, 0.15) is 0 Å². The summed E-state index contributed by atoms with van der Waals surface area (Å²) in [7, 11) is 0. The number of hydrogen-bond acceptors (Lipinski definition) is 3. The highest BCUT2D eigenvalue weighted by atomic mass is 32.2. The van der Waals surface area contributed by atoms with E-state index in [1.165, 1.54) is 6.07 Å². The summed E-state index contributed by atoms with van der Waals surface area (Å²) in [4.78, 5) is 0.324. The molecule has 0 saturated heterocycles. The van der Waals surface area contributed by atoms with Crippen LogP contribution in [-0.4, -0.2) is 23.6 Å². The highest BCUT2D eigenvalue weighted by Gasteiger charge is 2.27. The fourth-order valence-corrected chi connectivity index (χ4v) is 2.22. The average molecular weight is 303 g/mol. The van der Waals surface area contributed by atoms with Crippen LogP contribution < -0.4 is 5.32 Å². The molecule has 0 aliphatic heterocycles. The molecular weight excluding hydrogens is 293 g/mol. The molecule has 0 atom stereocenters. The van der Waals surface area contributed by atoms with Crippen LogP contribution in [0.4, 0.5) is 27.6 Å². The van der Waals surface area contributed by atoms with E-state index in [9.17, 15) is 22.0 Å². The van der Waals surface area contributed by atoms with Gasteiger partial charge in [-0.25, -0.2) is 0 Å². The van der Waals surface area contributed by atoms with Gasteiger partial charge < -0.3 is 5.32 Å². The van der Waals surface area contributed by atoms with Gasteiger partial charge in [-0.3, -0.25) is 0 Å². The van der Waals surface area contributed by atoms with Gasteiger partial charge in [0.05, 0.1) is 0 Å². The van der Waals surface area contributed by atoms with Gasteiger partial charge in [-0.2, -0.15) is 22.0 Å². The van der Waals surface area contributed by atoms with Crippen molar-refractivity contribution in [2.75, 3.05) is 17.6 Å². The highest BCUT2D eigenvalue weighted by Crippen LogP contribution is 2.32. The molecular formula is C10H10F5NS2. The molecule has 1 rings (SSSR count). The molecule has 0 unspecified atom stereocenters. The van der Waals surface area contributed by atoms with E-state index in [-0.39, 0.29) is 24.1 Å². The largest absolute Gasteiger partial charge is 0.441 e. The summed E-state index contributed by atoms with van der Waals surface area (Å²) in [6, 6.07) is 6.29. The van der Waals surface area contributed by atoms with Crippen molar-refractivity contribution in [3.8, 4) is 0 Å². The van der Waals surface area contributed by atoms with Gasteiger partial charge in [-0.15, -0.1) is 0 Å². The van der Waals surface area contributed by atoms with Crippen LogP contribution in [0.3, 0.4) is 0 Å². The number of hydrogen-bond donors (Lipinski definition) is 1. The maximum atomic E-state index is 12.2. The zero-order valence-corrected chi connectivity index (χ0v) is 10.6. The maximum Gasteiger partial charge on any atom is 0.441 e. The molecule has 0 amide bonds. The number of nitrogens with one attached hydrogen (secondary N) is 1. The van der Waals surface area contributed by atoms with Gasteiger partial charge in [0, 0.05) is 22.9 Å². The average Bonchev–Trinajstić information content (AvgIpc) is 2.24. The predicted molar refractivity (Wildman–Crippen MR) is 65.3 cm³/mol. The second-order valence-corrected chi connectivity index (χ2v) is 5.29. The first kappa shape index (κ1) is 15.4. The second-order valence-electron chi connectivity index (χ2n) is 3.10. The fraction of sp³-hybridized carbons (Fsp3) is 0.400. The van der Waals surface area contributed by atoms with Gasteiger partial charge in [0.15, 0.2) is 0 Å². The lowest BCUT2D eigenvalue weighted by Gasteiger charge is -2.11. The molecule has 0 fully saturated rings. The van der Waals surface area contributed by atoms with Crippen LogP contribution in [0.1, 0.15) is 0 Å². The molecule has 1 nitrogen and oxygen atoms in total. The molecule has 1 aromatic rings. The van der Waals surface area contributed by atoms with Crippen LogP contribution in [0.15, 0.2) is 29.2 Å². The lowest BCUT2D eigenvalue weighted by molar-refractivity contribution is -0.0327. The molecule has 0 bridgehead atoms. The molecule has 102 valence electrons. The summed E-state index contributed by atoms with van der Waals surface area (Å²) < 4.78 is 60.0. The smallest absolute Gasteiger partial charge is 0.383 e. The molecule has 0 aliphatic carbocycles. The number of alkyl halides is 5. The third-order valence-electron chi connectivity index (χ3n) is 1.79. The van der Waals surface area contributed by atoms with Crippen molar-refractivity contribution in [1.29, 1.82) is 0 Å². The number of thioether (sulfide) groups is 2. The summed E-state index contributed by atoms with van der Waals surface area (Å²) >= 11 is 0.219. The standard InChI is InChI=1S/C10H10F5NS2/c11-9(12)18-8-4-2-1-3-7(8)16-5-6-17-10(13,14)15/h1-4,9,16H,5-6H2. The van der Waals surface area contributed by atoms with Gasteiger partial charge >= 0.3 is 5.51 Å². The third-order valence-corrected chi connectivity index (χ3v) is 3.31. The minimum atomic E-state index is -4.26. The van der Waals surface area contributed by atoms with E-state index in [1.54, 1.807) is 18.2 Å². The monoisotopic (exact) mass is 303 g/mol. The minimum Gasteiger partial charge on any atom is -0.383 e. The zero-order valence-electron chi connectivity index (χ0n) is 9.01. The third kappa shape index (κ3) is 6.34. The summed E-state index contributed by atoms with van der Waals surface area (Å²) in [6.45, 7) is 0.0605. The number of halogens is 5. The lowest BCUT2D eigenvalue weighted by atomic mass is 10.3. The van der Waals surface area contributed by atoms with E-state index in [2.05, 4.69) is 5.32 Å². The number of benzene rings is 1. The molecule has 0 spiro atoms. The van der Waals surface area contributed by atoms with E-state index in [4.69, 9.17) is 0 Å². The summed E-state index contributed by atoms with van der Waals surface area (Å²) in [5.74, 6) is -2.73. The van der Waals surface area contributed by atoms with E-state index < -0.39 is 11.3 Å². The quantitative estimate of drug-likeness (QED) is 0.466. The van der Waals surface area contributed by atoms with Crippen LogP contribution in [0.25, 0.3) is 0 Å². The van der Waals surface area contributed by atoms with E-state index >= 15 is 0 Å². The van der Waals surface area contributed by atoms with Crippen molar-refractivity contribution in [2.45, 2.75) is 16.2 Å². The van der Waals surface area contributed by atoms with Crippen molar-refractivity contribution in [1.82, 2.24) is 0 Å². The first-order valence-corrected chi connectivity index (χ1v) is 6.73. The SMILES string of the molecule is FC(F)Sc1ccccc1NCCSC(F)(F)F. The number of rotatable bonds is 6. The van der Waals surface area contributed by atoms with Crippen molar-refractivity contribution in [2.24, 2.45) is 0 Å². The molecule has 1 N–H and O–H groups in total. The molecule has 1 aromatic carbocycles. The Morgan fingerprint density at radius 2 is 1.83 bits per heavy atom. The van der Waals surface area contributed by atoms with Gasteiger partial charge in [-0.1, -0.05) is 23.9 Å². The Morgan fingerprint density at radius 3 is 2.44 bits per heavy atom. The predicted octanol–water partition coefficient (Wildman–Crippen LogP) is 4.67. The molecule has 18 heavy (non-hydrogen) atoms. The Bertz CT molecular complexity index is 370. The van der Waals surface area contributed by atoms with Crippen LogP contribution in [0, 0.1) is 0 Å². The lowest BCUT2D eigenvalue weighted by Crippen LogP contribution is -2.10. The van der Waals surface area contributed by atoms with Crippen molar-refractivity contribution >= 4 is 29.2 Å². The summed E-state index contributed by atoms with van der Waals surface area (Å²) in [5.41, 5.74) is -3.84. The van der Waals surface area contributed by atoms with E-state index in [0.29, 0.717) is 22.3 Å². The second kappa shape index (κ2) is 7.08. The van der Waals surface area contributed by atoms with Crippen molar-refractivity contribution in [3.05, 3.63) is 24.3 Å². The normalized spacial score (nSPS) is 11.9. The van der Waals surface area contributed by atoms with Crippen LogP contribution in [0.5, 0.6) is 0 Å². The Morgan fingerprint density at radius 1 is 1.17 bits per heavy atom.